The first-order valence-corrected chi connectivity index (χ1v) is 7.90. The van der Waals surface area contributed by atoms with Crippen molar-refractivity contribution in [3.05, 3.63) is 58.1 Å². The Bertz CT molecular complexity index is 841. The van der Waals surface area contributed by atoms with E-state index in [0.29, 0.717) is 10.7 Å². The number of carbonyl (C=O) groups is 2. The number of carbonyl (C=O) groups excluding carboxylic acids is 2. The zero-order valence-corrected chi connectivity index (χ0v) is 14.8. The summed E-state index contributed by atoms with van der Waals surface area (Å²) in [6.45, 7) is 2.78. The predicted molar refractivity (Wildman–Crippen MR) is 93.9 cm³/mol. The maximum atomic E-state index is 13.2. The molecule has 2 N–H and O–H groups in total. The van der Waals surface area contributed by atoms with Gasteiger partial charge in [0.2, 0.25) is 11.8 Å². The van der Waals surface area contributed by atoms with E-state index in [4.69, 9.17) is 23.2 Å². The summed E-state index contributed by atoms with van der Waals surface area (Å²) < 4.78 is 26.2. The number of rotatable bonds is 4. The molecule has 0 unspecified atom stereocenters. The molecule has 2 amide bonds. The second-order valence-electron chi connectivity index (χ2n) is 5.79. The van der Waals surface area contributed by atoms with E-state index in [1.54, 1.807) is 0 Å². The molecular formula is C17H14Cl2F2N2O2. The highest BCUT2D eigenvalue weighted by Gasteiger charge is 2.36. The molecule has 4 nitrogen and oxygen atoms in total. The fourth-order valence-electron chi connectivity index (χ4n) is 1.83. The van der Waals surface area contributed by atoms with Gasteiger partial charge >= 0.3 is 0 Å². The van der Waals surface area contributed by atoms with Gasteiger partial charge in [0.1, 0.15) is 5.41 Å². The topological polar surface area (TPSA) is 58.2 Å². The quantitative estimate of drug-likeness (QED) is 0.735. The standard InChI is InChI=1S/C17H14Cl2F2N2O2/c1-17(2,15(24)22-10-4-5-12(20)13(21)8-10)16(25)23-14-6-3-9(18)7-11(14)19/h3-8H,1-2H3,(H,22,24)(H,23,25). The maximum Gasteiger partial charge on any atom is 0.239 e. The second-order valence-corrected chi connectivity index (χ2v) is 6.63. The van der Waals surface area contributed by atoms with Crippen molar-refractivity contribution in [3.63, 3.8) is 0 Å². The molecule has 0 saturated carbocycles. The highest BCUT2D eigenvalue weighted by atomic mass is 35.5. The van der Waals surface area contributed by atoms with E-state index in [2.05, 4.69) is 10.6 Å². The van der Waals surface area contributed by atoms with E-state index in [1.807, 2.05) is 0 Å². The van der Waals surface area contributed by atoms with Crippen LogP contribution in [0.5, 0.6) is 0 Å². The first-order valence-electron chi connectivity index (χ1n) is 7.14. The van der Waals surface area contributed by atoms with Gasteiger partial charge in [0.05, 0.1) is 10.7 Å². The summed E-state index contributed by atoms with van der Waals surface area (Å²) in [5.74, 6) is -3.46. The van der Waals surface area contributed by atoms with Gasteiger partial charge in [-0.2, -0.15) is 0 Å². The Labute approximate surface area is 153 Å². The van der Waals surface area contributed by atoms with E-state index in [0.717, 1.165) is 12.1 Å². The zero-order chi connectivity index (χ0) is 18.8. The van der Waals surface area contributed by atoms with Crippen molar-refractivity contribution in [2.45, 2.75) is 13.8 Å². The first kappa shape index (κ1) is 19.1. The van der Waals surface area contributed by atoms with Crippen molar-refractivity contribution in [1.29, 1.82) is 0 Å². The van der Waals surface area contributed by atoms with Crippen LogP contribution >= 0.6 is 23.2 Å². The van der Waals surface area contributed by atoms with Gasteiger partial charge in [-0.15, -0.1) is 0 Å². The van der Waals surface area contributed by atoms with Crippen LogP contribution in [-0.2, 0) is 9.59 Å². The molecule has 0 atom stereocenters. The van der Waals surface area contributed by atoms with E-state index in [1.165, 1.54) is 38.1 Å². The van der Waals surface area contributed by atoms with Crippen molar-refractivity contribution < 1.29 is 18.4 Å². The van der Waals surface area contributed by atoms with Gasteiger partial charge in [-0.1, -0.05) is 23.2 Å². The number of anilines is 2. The van der Waals surface area contributed by atoms with Gasteiger partial charge in [-0.25, -0.2) is 8.78 Å². The molecule has 0 fully saturated rings. The Balaban J connectivity index is 2.13. The monoisotopic (exact) mass is 386 g/mol. The van der Waals surface area contributed by atoms with E-state index in [-0.39, 0.29) is 10.7 Å². The van der Waals surface area contributed by atoms with Crippen molar-refractivity contribution in [1.82, 2.24) is 0 Å². The summed E-state index contributed by atoms with van der Waals surface area (Å²) in [7, 11) is 0. The minimum atomic E-state index is -1.51. The van der Waals surface area contributed by atoms with Crippen LogP contribution in [0.25, 0.3) is 0 Å². The van der Waals surface area contributed by atoms with Crippen LogP contribution in [0.15, 0.2) is 36.4 Å². The summed E-state index contributed by atoms with van der Waals surface area (Å²) in [6, 6.07) is 7.40. The van der Waals surface area contributed by atoms with Crippen molar-refractivity contribution >= 4 is 46.4 Å². The largest absolute Gasteiger partial charge is 0.325 e. The second kappa shape index (κ2) is 7.37. The number of hydrogen-bond acceptors (Lipinski definition) is 2. The summed E-state index contributed by atoms with van der Waals surface area (Å²) in [4.78, 5) is 24.8. The molecule has 0 aliphatic carbocycles. The average Bonchev–Trinajstić information content (AvgIpc) is 2.53. The van der Waals surface area contributed by atoms with Crippen LogP contribution in [0.2, 0.25) is 10.0 Å². The number of nitrogens with one attached hydrogen (secondary N) is 2. The molecule has 2 aromatic rings. The Morgan fingerprint density at radius 3 is 2.16 bits per heavy atom. The molecule has 0 bridgehead atoms. The average molecular weight is 387 g/mol. The lowest BCUT2D eigenvalue weighted by atomic mass is 9.90. The minimum absolute atomic E-state index is 0.0364. The third kappa shape index (κ3) is 4.46. The number of halogens is 4. The predicted octanol–water partition coefficient (Wildman–Crippen LogP) is 4.88. The number of benzene rings is 2. The molecule has 0 spiro atoms. The minimum Gasteiger partial charge on any atom is -0.325 e. The lowest BCUT2D eigenvalue weighted by Crippen LogP contribution is -2.41. The van der Waals surface area contributed by atoms with Crippen LogP contribution in [0.4, 0.5) is 20.2 Å². The Morgan fingerprint density at radius 1 is 0.920 bits per heavy atom. The van der Waals surface area contributed by atoms with Crippen molar-refractivity contribution in [2.75, 3.05) is 10.6 Å². The SMILES string of the molecule is CC(C)(C(=O)Nc1ccc(F)c(F)c1)C(=O)Nc1ccc(Cl)cc1Cl. The molecule has 132 valence electrons. The summed E-state index contributed by atoms with van der Waals surface area (Å²) in [5, 5.41) is 5.54. The molecule has 0 radical (unpaired) electrons. The summed E-state index contributed by atoms with van der Waals surface area (Å²) >= 11 is 11.8. The Kier molecular flexibility index (Phi) is 5.65. The molecule has 0 aliphatic rings. The maximum absolute atomic E-state index is 13.2. The first-order chi connectivity index (χ1) is 11.6. The van der Waals surface area contributed by atoms with Crippen LogP contribution in [-0.4, -0.2) is 11.8 Å². The molecule has 8 heteroatoms. The fraction of sp³-hybridized carbons (Fsp3) is 0.176. The van der Waals surface area contributed by atoms with Gasteiger partial charge in [0, 0.05) is 16.8 Å². The Morgan fingerprint density at radius 2 is 1.56 bits per heavy atom. The summed E-state index contributed by atoms with van der Waals surface area (Å²) in [6.07, 6.45) is 0. The fourth-order valence-corrected chi connectivity index (χ4v) is 2.29. The van der Waals surface area contributed by atoms with E-state index >= 15 is 0 Å². The highest BCUT2D eigenvalue weighted by molar-refractivity contribution is 6.36. The molecule has 0 aliphatic heterocycles. The number of hydrogen-bond donors (Lipinski definition) is 2. The molecular weight excluding hydrogens is 373 g/mol. The van der Waals surface area contributed by atoms with Crippen LogP contribution in [0, 0.1) is 17.0 Å². The van der Waals surface area contributed by atoms with Gasteiger partial charge in [0.15, 0.2) is 11.6 Å². The van der Waals surface area contributed by atoms with Crippen molar-refractivity contribution in [2.24, 2.45) is 5.41 Å². The molecule has 2 rings (SSSR count). The van der Waals surface area contributed by atoms with E-state index < -0.39 is 28.9 Å². The molecule has 2 aromatic carbocycles. The van der Waals surface area contributed by atoms with Gasteiger partial charge < -0.3 is 10.6 Å². The normalized spacial score (nSPS) is 11.1. The van der Waals surface area contributed by atoms with Gasteiger partial charge in [-0.3, -0.25) is 9.59 Å². The lowest BCUT2D eigenvalue weighted by Gasteiger charge is -2.23. The highest BCUT2D eigenvalue weighted by Crippen LogP contribution is 2.28. The number of amides is 2. The van der Waals surface area contributed by atoms with Crippen molar-refractivity contribution in [3.8, 4) is 0 Å². The van der Waals surface area contributed by atoms with Crippen LogP contribution < -0.4 is 10.6 Å². The van der Waals surface area contributed by atoms with Gasteiger partial charge in [-0.05, 0) is 44.2 Å². The zero-order valence-electron chi connectivity index (χ0n) is 13.3. The molecule has 0 saturated heterocycles. The third-order valence-corrected chi connectivity index (χ3v) is 4.04. The molecule has 0 aromatic heterocycles. The van der Waals surface area contributed by atoms with Gasteiger partial charge in [0.25, 0.3) is 0 Å². The summed E-state index contributed by atoms with van der Waals surface area (Å²) in [5.41, 5.74) is -1.17. The van der Waals surface area contributed by atoms with Crippen LogP contribution in [0.1, 0.15) is 13.8 Å². The Hall–Kier alpha value is -2.18. The smallest absolute Gasteiger partial charge is 0.239 e. The molecule has 0 heterocycles. The van der Waals surface area contributed by atoms with E-state index in [9.17, 15) is 18.4 Å². The van der Waals surface area contributed by atoms with Crippen LogP contribution in [0.3, 0.4) is 0 Å². The third-order valence-electron chi connectivity index (χ3n) is 3.49. The lowest BCUT2D eigenvalue weighted by molar-refractivity contribution is -0.135. The molecule has 25 heavy (non-hydrogen) atoms.